The molecule has 0 bridgehead atoms. The molecular weight excluding hydrogens is 164 g/mol. The number of ether oxygens (including phenoxy) is 1. The number of hydrogen-bond acceptors (Lipinski definition) is 3. The Morgan fingerprint density at radius 2 is 2.31 bits per heavy atom. The molecule has 3 nitrogen and oxygen atoms in total. The Kier molecular flexibility index (Phi) is 5.35. The summed E-state index contributed by atoms with van der Waals surface area (Å²) in [6.45, 7) is 0.850. The number of methoxy groups -OCH3 is 1. The molecule has 0 radical (unpaired) electrons. The van der Waals surface area contributed by atoms with Crippen LogP contribution in [0.3, 0.4) is 0 Å². The number of rotatable bonds is 7. The van der Waals surface area contributed by atoms with Gasteiger partial charge in [0.15, 0.2) is 0 Å². The fourth-order valence-corrected chi connectivity index (χ4v) is 1.87. The first-order valence-corrected chi connectivity index (χ1v) is 5.32. The molecule has 1 atom stereocenters. The zero-order valence-electron chi connectivity index (χ0n) is 8.59. The van der Waals surface area contributed by atoms with E-state index < -0.39 is 0 Å². The average Bonchev–Trinajstić information content (AvgIpc) is 2.08. The van der Waals surface area contributed by atoms with Crippen LogP contribution in [0.15, 0.2) is 0 Å². The molecule has 3 heteroatoms. The van der Waals surface area contributed by atoms with Crippen molar-refractivity contribution in [2.75, 3.05) is 13.7 Å². The van der Waals surface area contributed by atoms with Crippen molar-refractivity contribution in [1.29, 1.82) is 0 Å². The highest BCUT2D eigenvalue weighted by molar-refractivity contribution is 4.75. The molecule has 1 rings (SSSR count). The zero-order valence-corrected chi connectivity index (χ0v) is 8.59. The second-order valence-electron chi connectivity index (χ2n) is 4.03. The molecule has 0 spiro atoms. The van der Waals surface area contributed by atoms with E-state index in [1.54, 1.807) is 7.11 Å². The number of hydrogen-bond donors (Lipinski definition) is 2. The molecule has 0 saturated heterocycles. The predicted molar refractivity (Wildman–Crippen MR) is 54.2 cm³/mol. The highest BCUT2D eigenvalue weighted by Gasteiger charge is 2.20. The van der Waals surface area contributed by atoms with E-state index in [2.05, 4.69) is 5.43 Å². The van der Waals surface area contributed by atoms with Gasteiger partial charge in [-0.2, -0.15) is 0 Å². The first-order valence-electron chi connectivity index (χ1n) is 5.32. The van der Waals surface area contributed by atoms with E-state index >= 15 is 0 Å². The third-order valence-electron chi connectivity index (χ3n) is 2.98. The number of hydrazine groups is 1. The lowest BCUT2D eigenvalue weighted by Crippen LogP contribution is -2.37. The summed E-state index contributed by atoms with van der Waals surface area (Å²) >= 11 is 0. The Bertz CT molecular complexity index is 126. The van der Waals surface area contributed by atoms with E-state index in [4.69, 9.17) is 10.6 Å². The van der Waals surface area contributed by atoms with Gasteiger partial charge in [-0.15, -0.1) is 0 Å². The lowest BCUT2D eigenvalue weighted by molar-refractivity contribution is 0.182. The maximum absolute atomic E-state index is 5.49. The van der Waals surface area contributed by atoms with Crippen molar-refractivity contribution in [2.24, 2.45) is 11.8 Å². The van der Waals surface area contributed by atoms with Crippen LogP contribution in [-0.4, -0.2) is 19.8 Å². The average molecular weight is 186 g/mol. The maximum Gasteiger partial charge on any atom is 0.0462 e. The summed E-state index contributed by atoms with van der Waals surface area (Å²) in [4.78, 5) is 0. The van der Waals surface area contributed by atoms with Crippen LogP contribution in [0.5, 0.6) is 0 Å². The molecule has 1 unspecified atom stereocenters. The first-order chi connectivity index (χ1) is 6.36. The molecule has 0 amide bonds. The fraction of sp³-hybridized carbons (Fsp3) is 1.00. The summed E-state index contributed by atoms with van der Waals surface area (Å²) in [6, 6.07) is 0.500. The van der Waals surface area contributed by atoms with Gasteiger partial charge in [0.1, 0.15) is 0 Å². The SMILES string of the molecule is COCCCC(CC1CCC1)NN. The van der Waals surface area contributed by atoms with Crippen LogP contribution < -0.4 is 11.3 Å². The van der Waals surface area contributed by atoms with Crippen molar-refractivity contribution in [2.45, 2.75) is 44.6 Å². The predicted octanol–water partition coefficient (Wildman–Crippen LogP) is 1.44. The Balaban J connectivity index is 2.03. The largest absolute Gasteiger partial charge is 0.385 e. The minimum atomic E-state index is 0.500. The lowest BCUT2D eigenvalue weighted by Gasteiger charge is -2.29. The lowest BCUT2D eigenvalue weighted by atomic mass is 9.80. The summed E-state index contributed by atoms with van der Waals surface area (Å²) in [6.07, 6.45) is 7.73. The molecule has 0 aromatic carbocycles. The van der Waals surface area contributed by atoms with Crippen LogP contribution in [0.4, 0.5) is 0 Å². The van der Waals surface area contributed by atoms with Crippen LogP contribution in [0.1, 0.15) is 38.5 Å². The van der Waals surface area contributed by atoms with Gasteiger partial charge in [0, 0.05) is 19.8 Å². The summed E-state index contributed by atoms with van der Waals surface area (Å²) in [5.41, 5.74) is 2.90. The van der Waals surface area contributed by atoms with Gasteiger partial charge in [-0.25, -0.2) is 0 Å². The molecule has 0 aromatic heterocycles. The summed E-state index contributed by atoms with van der Waals surface area (Å²) in [7, 11) is 1.75. The molecular formula is C10H22N2O. The van der Waals surface area contributed by atoms with E-state index in [0.29, 0.717) is 6.04 Å². The van der Waals surface area contributed by atoms with Gasteiger partial charge >= 0.3 is 0 Å². The molecule has 1 fully saturated rings. The van der Waals surface area contributed by atoms with Gasteiger partial charge in [-0.3, -0.25) is 11.3 Å². The van der Waals surface area contributed by atoms with Gasteiger partial charge in [-0.05, 0) is 25.2 Å². The van der Waals surface area contributed by atoms with Crippen molar-refractivity contribution in [1.82, 2.24) is 5.43 Å². The van der Waals surface area contributed by atoms with Crippen LogP contribution in [0.25, 0.3) is 0 Å². The minimum Gasteiger partial charge on any atom is -0.385 e. The Labute approximate surface area is 81.0 Å². The quantitative estimate of drug-likeness (QED) is 0.359. The highest BCUT2D eigenvalue weighted by Crippen LogP contribution is 2.30. The van der Waals surface area contributed by atoms with Gasteiger partial charge in [0.2, 0.25) is 0 Å². The van der Waals surface area contributed by atoms with E-state index in [9.17, 15) is 0 Å². The molecule has 13 heavy (non-hydrogen) atoms. The molecule has 0 aliphatic heterocycles. The Morgan fingerprint density at radius 1 is 1.54 bits per heavy atom. The fourth-order valence-electron chi connectivity index (χ4n) is 1.87. The van der Waals surface area contributed by atoms with Crippen LogP contribution in [0.2, 0.25) is 0 Å². The van der Waals surface area contributed by atoms with Gasteiger partial charge in [0.05, 0.1) is 0 Å². The summed E-state index contributed by atoms with van der Waals surface area (Å²) < 4.78 is 5.01. The first kappa shape index (κ1) is 11.0. The molecule has 1 aliphatic carbocycles. The number of nitrogens with one attached hydrogen (secondary N) is 1. The van der Waals surface area contributed by atoms with Gasteiger partial charge < -0.3 is 4.74 Å². The van der Waals surface area contributed by atoms with Crippen molar-refractivity contribution in [3.63, 3.8) is 0 Å². The molecule has 0 heterocycles. The van der Waals surface area contributed by atoms with Crippen molar-refractivity contribution < 1.29 is 4.74 Å². The standard InChI is InChI=1S/C10H22N2O/c1-13-7-3-6-10(12-11)8-9-4-2-5-9/h9-10,12H,2-8,11H2,1H3. The highest BCUT2D eigenvalue weighted by atomic mass is 16.5. The van der Waals surface area contributed by atoms with Crippen LogP contribution >= 0.6 is 0 Å². The minimum absolute atomic E-state index is 0.500. The van der Waals surface area contributed by atoms with E-state index in [1.165, 1.54) is 25.7 Å². The maximum atomic E-state index is 5.49. The van der Waals surface area contributed by atoms with Crippen molar-refractivity contribution in [3.05, 3.63) is 0 Å². The van der Waals surface area contributed by atoms with Gasteiger partial charge in [-0.1, -0.05) is 19.3 Å². The molecule has 3 N–H and O–H groups in total. The van der Waals surface area contributed by atoms with E-state index in [0.717, 1.165) is 25.4 Å². The monoisotopic (exact) mass is 186 g/mol. The third kappa shape index (κ3) is 4.07. The van der Waals surface area contributed by atoms with Gasteiger partial charge in [0.25, 0.3) is 0 Å². The number of nitrogens with two attached hydrogens (primary N) is 1. The second-order valence-corrected chi connectivity index (χ2v) is 4.03. The van der Waals surface area contributed by atoms with E-state index in [1.807, 2.05) is 0 Å². The normalized spacial score (nSPS) is 19.8. The Morgan fingerprint density at radius 3 is 2.77 bits per heavy atom. The van der Waals surface area contributed by atoms with Crippen LogP contribution in [0, 0.1) is 5.92 Å². The molecule has 1 saturated carbocycles. The van der Waals surface area contributed by atoms with Crippen molar-refractivity contribution in [3.8, 4) is 0 Å². The van der Waals surface area contributed by atoms with Crippen molar-refractivity contribution >= 4 is 0 Å². The smallest absolute Gasteiger partial charge is 0.0462 e. The van der Waals surface area contributed by atoms with E-state index in [-0.39, 0.29) is 0 Å². The third-order valence-corrected chi connectivity index (χ3v) is 2.98. The summed E-state index contributed by atoms with van der Waals surface area (Å²) in [5, 5.41) is 0. The molecule has 1 aliphatic rings. The topological polar surface area (TPSA) is 47.3 Å². The zero-order chi connectivity index (χ0) is 9.52. The summed E-state index contributed by atoms with van der Waals surface area (Å²) in [5.74, 6) is 6.43. The molecule has 78 valence electrons. The Hall–Kier alpha value is -0.120. The molecule has 0 aromatic rings. The van der Waals surface area contributed by atoms with Crippen LogP contribution in [-0.2, 0) is 4.74 Å². The second kappa shape index (κ2) is 6.35.